The summed E-state index contributed by atoms with van der Waals surface area (Å²) in [6.07, 6.45) is 42.8. The molecule has 1 atom stereocenters. The second-order valence-electron chi connectivity index (χ2n) is 16.4. The Morgan fingerprint density at radius 2 is 0.885 bits per heavy atom. The molecule has 52 heavy (non-hydrogen) atoms. The third-order valence-electron chi connectivity index (χ3n) is 11.6. The van der Waals surface area contributed by atoms with E-state index in [4.69, 9.17) is 0 Å². The topological polar surface area (TPSA) is 8.81 Å². The van der Waals surface area contributed by atoms with Crippen molar-refractivity contribution in [3.05, 3.63) is 89.5 Å². The number of imidazole rings is 1. The molecule has 0 aliphatic heterocycles. The highest BCUT2D eigenvalue weighted by Gasteiger charge is 2.25. The quantitative estimate of drug-likeness (QED) is 0.0431. The Labute approximate surface area is 323 Å². The van der Waals surface area contributed by atoms with Gasteiger partial charge in [0.1, 0.15) is 11.9 Å². The molecule has 0 N–H and O–H groups in total. The molecule has 2 aromatic carbocycles. The van der Waals surface area contributed by atoms with Crippen molar-refractivity contribution in [2.75, 3.05) is 0 Å². The molecule has 0 amide bonds. The first-order valence-corrected chi connectivity index (χ1v) is 22.9. The van der Waals surface area contributed by atoms with Gasteiger partial charge in [-0.15, -0.1) is 0 Å². The van der Waals surface area contributed by atoms with Crippen LogP contribution in [0.1, 0.15) is 223 Å². The van der Waals surface area contributed by atoms with E-state index in [1.54, 1.807) is 0 Å². The average molecular weight is 712 g/mol. The summed E-state index contributed by atoms with van der Waals surface area (Å²) in [5.74, 6) is 2.04. The van der Waals surface area contributed by atoms with Gasteiger partial charge in [-0.2, -0.15) is 0 Å². The van der Waals surface area contributed by atoms with E-state index in [0.717, 1.165) is 25.9 Å². The van der Waals surface area contributed by atoms with Crippen LogP contribution in [-0.2, 0) is 25.9 Å². The monoisotopic (exact) mass is 712 g/mol. The number of aromatic nitrogens is 2. The molecule has 0 bridgehead atoms. The van der Waals surface area contributed by atoms with E-state index in [-0.39, 0.29) is 0 Å². The summed E-state index contributed by atoms with van der Waals surface area (Å²) in [6, 6.07) is 22.4. The highest BCUT2D eigenvalue weighted by Crippen LogP contribution is 2.23. The van der Waals surface area contributed by atoms with Gasteiger partial charge in [-0.3, -0.25) is 0 Å². The summed E-state index contributed by atoms with van der Waals surface area (Å²) in [5.41, 5.74) is 4.43. The maximum atomic E-state index is 2.76. The molecular weight excluding hydrogens is 629 g/mol. The molecule has 1 aromatic heterocycles. The highest BCUT2D eigenvalue weighted by molar-refractivity contribution is 5.22. The van der Waals surface area contributed by atoms with Crippen molar-refractivity contribution in [2.24, 2.45) is 0 Å². The first-order chi connectivity index (χ1) is 25.7. The average Bonchev–Trinajstić information content (AvgIpc) is 3.48. The van der Waals surface area contributed by atoms with Crippen LogP contribution in [0.25, 0.3) is 0 Å². The Balaban J connectivity index is 1.51. The lowest BCUT2D eigenvalue weighted by atomic mass is 9.96. The number of hydrogen-bond acceptors (Lipinski definition) is 0. The van der Waals surface area contributed by atoms with Gasteiger partial charge in [0, 0.05) is 6.42 Å². The molecule has 0 spiro atoms. The fraction of sp³-hybridized carbons (Fsp3) is 0.700. The maximum absolute atomic E-state index is 2.76. The largest absolute Gasteiger partial charge is 0.261 e. The normalized spacial score (nSPS) is 12.1. The molecule has 2 heteroatoms. The minimum atomic E-state index is 0.514. The van der Waals surface area contributed by atoms with E-state index in [1.807, 2.05) is 0 Å². The van der Waals surface area contributed by atoms with E-state index in [2.05, 4.69) is 96.8 Å². The zero-order valence-electron chi connectivity index (χ0n) is 34.7. The molecule has 0 saturated carbocycles. The fourth-order valence-electron chi connectivity index (χ4n) is 8.23. The van der Waals surface area contributed by atoms with Crippen LogP contribution < -0.4 is 4.57 Å². The molecule has 0 aliphatic rings. The minimum Gasteiger partial charge on any atom is -0.234 e. The molecule has 0 radical (unpaired) electrons. The van der Waals surface area contributed by atoms with E-state index in [0.29, 0.717) is 5.92 Å². The predicted octanol–water partition coefficient (Wildman–Crippen LogP) is 15.3. The molecule has 3 rings (SSSR count). The number of hydrogen-bond donors (Lipinski definition) is 0. The zero-order chi connectivity index (χ0) is 36.7. The van der Waals surface area contributed by atoms with Crippen molar-refractivity contribution in [1.29, 1.82) is 0 Å². The smallest absolute Gasteiger partial charge is 0.234 e. The van der Waals surface area contributed by atoms with Crippen LogP contribution in [0.15, 0.2) is 66.9 Å². The van der Waals surface area contributed by atoms with Crippen molar-refractivity contribution < 1.29 is 4.57 Å². The standard InChI is InChI=1S/C50H83N2/c1-4-6-8-10-12-14-16-18-19-20-22-24-26-28-36-42-52-49(43-46(3)48-39-33-30-34-40-48)45-51(50(52)44-47-37-31-29-32-38-47)41-35-27-25-23-21-17-15-13-11-9-7-5-2/h29-34,37-40,45-46H,4-28,35-36,41-44H2,1-3H3/q+1. The van der Waals surface area contributed by atoms with Gasteiger partial charge in [0.05, 0.1) is 19.5 Å². The van der Waals surface area contributed by atoms with E-state index in [9.17, 15) is 0 Å². The van der Waals surface area contributed by atoms with Crippen molar-refractivity contribution in [3.8, 4) is 0 Å². The summed E-state index contributed by atoms with van der Waals surface area (Å²) in [6.45, 7) is 9.35. The molecule has 1 unspecified atom stereocenters. The van der Waals surface area contributed by atoms with Crippen molar-refractivity contribution in [1.82, 2.24) is 4.57 Å². The molecule has 0 saturated heterocycles. The number of rotatable bonds is 34. The number of nitrogens with zero attached hydrogens (tertiary/aromatic N) is 2. The van der Waals surface area contributed by atoms with Gasteiger partial charge in [0.25, 0.3) is 5.82 Å². The lowest BCUT2D eigenvalue weighted by Gasteiger charge is -2.12. The number of aryl methyl sites for hydroxylation is 1. The first kappa shape index (κ1) is 44.0. The summed E-state index contributed by atoms with van der Waals surface area (Å²) in [4.78, 5) is 0. The van der Waals surface area contributed by atoms with Crippen LogP contribution in [-0.4, -0.2) is 4.57 Å². The van der Waals surface area contributed by atoms with Gasteiger partial charge in [0.2, 0.25) is 0 Å². The van der Waals surface area contributed by atoms with E-state index >= 15 is 0 Å². The Hall–Kier alpha value is -2.35. The summed E-state index contributed by atoms with van der Waals surface area (Å²) in [7, 11) is 0. The van der Waals surface area contributed by atoms with Crippen LogP contribution in [0.5, 0.6) is 0 Å². The Bertz CT molecular complexity index is 1210. The first-order valence-electron chi connectivity index (χ1n) is 22.9. The minimum absolute atomic E-state index is 0.514. The summed E-state index contributed by atoms with van der Waals surface area (Å²) in [5, 5.41) is 0. The summed E-state index contributed by atoms with van der Waals surface area (Å²) >= 11 is 0. The van der Waals surface area contributed by atoms with E-state index < -0.39 is 0 Å². The summed E-state index contributed by atoms with van der Waals surface area (Å²) < 4.78 is 5.43. The molecule has 0 fully saturated rings. The fourth-order valence-corrected chi connectivity index (χ4v) is 8.23. The second kappa shape index (κ2) is 30.0. The Kier molecular flexibility index (Phi) is 25.4. The lowest BCUT2D eigenvalue weighted by molar-refractivity contribution is -0.704. The van der Waals surface area contributed by atoms with Crippen LogP contribution in [0.4, 0.5) is 0 Å². The molecule has 1 heterocycles. The van der Waals surface area contributed by atoms with Gasteiger partial charge in [-0.25, -0.2) is 9.13 Å². The van der Waals surface area contributed by atoms with Gasteiger partial charge < -0.3 is 0 Å². The van der Waals surface area contributed by atoms with E-state index in [1.165, 1.54) is 196 Å². The van der Waals surface area contributed by atoms with Crippen LogP contribution in [0.3, 0.4) is 0 Å². The Morgan fingerprint density at radius 1 is 0.481 bits per heavy atom. The Morgan fingerprint density at radius 3 is 1.35 bits per heavy atom. The predicted molar refractivity (Wildman–Crippen MR) is 228 cm³/mol. The van der Waals surface area contributed by atoms with Crippen molar-refractivity contribution in [3.63, 3.8) is 0 Å². The van der Waals surface area contributed by atoms with Crippen LogP contribution in [0, 0.1) is 0 Å². The number of unbranched alkanes of at least 4 members (excludes halogenated alkanes) is 25. The maximum Gasteiger partial charge on any atom is 0.261 e. The van der Waals surface area contributed by atoms with Gasteiger partial charge in [0.15, 0.2) is 0 Å². The highest BCUT2D eigenvalue weighted by atomic mass is 15.2. The second-order valence-corrected chi connectivity index (χ2v) is 16.4. The third kappa shape index (κ3) is 19.6. The molecular formula is C50H83N2+. The molecule has 0 aliphatic carbocycles. The van der Waals surface area contributed by atoms with Gasteiger partial charge in [-0.05, 0) is 42.7 Å². The molecule has 292 valence electrons. The zero-order valence-corrected chi connectivity index (χ0v) is 34.7. The van der Waals surface area contributed by atoms with Crippen LogP contribution >= 0.6 is 0 Å². The molecule has 3 aromatic rings. The SMILES string of the molecule is CCCCCCCCCCCCCCCCCn1c(CC(C)c2ccccc2)c[n+](CCCCCCCCCCCCCC)c1Cc1ccccc1. The number of benzene rings is 2. The van der Waals surface area contributed by atoms with Gasteiger partial charge in [-0.1, -0.05) is 229 Å². The third-order valence-corrected chi connectivity index (χ3v) is 11.6. The van der Waals surface area contributed by atoms with Crippen molar-refractivity contribution in [2.45, 2.75) is 226 Å². The van der Waals surface area contributed by atoms with Gasteiger partial charge >= 0.3 is 0 Å². The molecule has 2 nitrogen and oxygen atoms in total. The van der Waals surface area contributed by atoms with Crippen molar-refractivity contribution >= 4 is 0 Å². The lowest BCUT2D eigenvalue weighted by Crippen LogP contribution is -2.37. The van der Waals surface area contributed by atoms with Crippen LogP contribution in [0.2, 0.25) is 0 Å².